The highest BCUT2D eigenvalue weighted by molar-refractivity contribution is 8.00. The standard InChI is InChI=1S/C46H40N2O3PS.ClH/c49-43-41(47-31-35-19-7-1-8-20-35)44-48(43)32-46(34-53-44,45(50)51-42(36-21-9-2-10-22-36)37-23-11-3-12-24-37)33-52(38-25-13-4-14-26-38,39-27-15-5-16-28-39)40-29-17-6-18-30-40;/h1-31,41-42,44H,32-34H2;1H/q+1;/p-1/t41?,44-,46?;/m1./s1. The summed E-state index contributed by atoms with van der Waals surface area (Å²) in [7, 11) is -2.52. The number of aliphatic imine (C=N–C) groups is 1. The molecule has 0 spiro atoms. The van der Waals surface area contributed by atoms with E-state index in [0.29, 0.717) is 11.9 Å². The van der Waals surface area contributed by atoms with Crippen molar-refractivity contribution in [2.45, 2.75) is 17.5 Å². The third-order valence-corrected chi connectivity index (χ3v) is 16.5. The van der Waals surface area contributed by atoms with Gasteiger partial charge in [-0.25, -0.2) is 0 Å². The van der Waals surface area contributed by atoms with Crippen LogP contribution in [-0.4, -0.2) is 52.9 Å². The fourth-order valence-corrected chi connectivity index (χ4v) is 14.1. The van der Waals surface area contributed by atoms with Gasteiger partial charge in [0.25, 0.3) is 5.91 Å². The van der Waals surface area contributed by atoms with Gasteiger partial charge in [0.2, 0.25) is 0 Å². The molecule has 6 aromatic carbocycles. The first-order valence-corrected chi connectivity index (χ1v) is 21.0. The molecule has 2 unspecified atom stereocenters. The van der Waals surface area contributed by atoms with E-state index in [1.165, 1.54) is 15.9 Å². The summed E-state index contributed by atoms with van der Waals surface area (Å²) in [6.45, 7) is 0.254. The first-order chi connectivity index (χ1) is 26.1. The van der Waals surface area contributed by atoms with E-state index in [4.69, 9.17) is 9.73 Å². The van der Waals surface area contributed by atoms with Crippen LogP contribution in [0.5, 0.6) is 0 Å². The third kappa shape index (κ3) is 7.27. The molecule has 8 heteroatoms. The molecule has 2 heterocycles. The fourth-order valence-electron chi connectivity index (χ4n) is 7.64. The molecular weight excluding hydrogens is 727 g/mol. The fraction of sp³-hybridized carbons (Fsp3) is 0.152. The Bertz CT molecular complexity index is 2040. The lowest BCUT2D eigenvalue weighted by molar-refractivity contribution is -0.163. The summed E-state index contributed by atoms with van der Waals surface area (Å²) in [6.07, 6.45) is 1.67. The molecule has 1 amide bonds. The van der Waals surface area contributed by atoms with Gasteiger partial charge >= 0.3 is 5.97 Å². The Morgan fingerprint density at radius 2 is 1.13 bits per heavy atom. The number of halogens is 1. The van der Waals surface area contributed by atoms with E-state index in [1.54, 1.807) is 18.0 Å². The highest BCUT2D eigenvalue weighted by Gasteiger charge is 2.63. The molecule has 5 nitrogen and oxygen atoms in total. The number of fused-ring (bicyclic) bond motifs is 1. The Labute approximate surface area is 328 Å². The van der Waals surface area contributed by atoms with Crippen molar-refractivity contribution in [3.8, 4) is 0 Å². The van der Waals surface area contributed by atoms with Crippen molar-refractivity contribution in [3.63, 3.8) is 0 Å². The summed E-state index contributed by atoms with van der Waals surface area (Å²) in [5, 5.41) is 3.39. The second-order valence-corrected chi connectivity index (χ2v) is 18.3. The SMILES string of the molecule is O=C1C(N=Cc2ccccc2)[C@H]2SCC(C[P+](c3ccccc3)(c3ccccc3)c3ccccc3)(C(=O)OC(c3ccccc3)c3ccccc3)CN12.[Cl-]. The number of rotatable bonds is 11. The number of carbonyl (C=O) groups excluding carboxylic acids is 2. The number of thioether (sulfide) groups is 1. The van der Waals surface area contributed by atoms with E-state index in [-0.39, 0.29) is 36.2 Å². The summed E-state index contributed by atoms with van der Waals surface area (Å²) in [6, 6.07) is 61.1. The van der Waals surface area contributed by atoms with E-state index in [9.17, 15) is 4.79 Å². The van der Waals surface area contributed by atoms with Crippen LogP contribution in [0.3, 0.4) is 0 Å². The molecule has 6 aromatic rings. The maximum absolute atomic E-state index is 15.4. The van der Waals surface area contributed by atoms with Crippen LogP contribution in [-0.2, 0) is 14.3 Å². The Morgan fingerprint density at radius 1 is 0.704 bits per heavy atom. The van der Waals surface area contributed by atoms with E-state index < -0.39 is 24.8 Å². The molecule has 2 aliphatic rings. The number of nitrogens with zero attached hydrogens (tertiary/aromatic N) is 2. The highest BCUT2D eigenvalue weighted by Crippen LogP contribution is 2.61. The molecule has 3 atom stereocenters. The second kappa shape index (κ2) is 16.6. The van der Waals surface area contributed by atoms with Crippen molar-refractivity contribution in [1.29, 1.82) is 0 Å². The molecule has 0 saturated carbocycles. The van der Waals surface area contributed by atoms with Crippen molar-refractivity contribution in [1.82, 2.24) is 4.90 Å². The van der Waals surface area contributed by atoms with Crippen molar-refractivity contribution in [3.05, 3.63) is 199 Å². The highest BCUT2D eigenvalue weighted by atomic mass is 35.5. The summed E-state index contributed by atoms with van der Waals surface area (Å²) in [5.41, 5.74) is 1.71. The van der Waals surface area contributed by atoms with Crippen LogP contribution in [0.1, 0.15) is 22.8 Å². The zero-order chi connectivity index (χ0) is 36.1. The van der Waals surface area contributed by atoms with E-state index >= 15 is 4.79 Å². The molecule has 0 aromatic heterocycles. The van der Waals surface area contributed by atoms with Gasteiger partial charge < -0.3 is 22.0 Å². The molecule has 0 bridgehead atoms. The second-order valence-electron chi connectivity index (χ2n) is 13.7. The van der Waals surface area contributed by atoms with Crippen molar-refractivity contribution in [2.24, 2.45) is 10.4 Å². The van der Waals surface area contributed by atoms with Crippen molar-refractivity contribution in [2.75, 3.05) is 18.5 Å². The first kappa shape index (κ1) is 37.3. The lowest BCUT2D eigenvalue weighted by Gasteiger charge is -2.53. The minimum absolute atomic E-state index is 0. The largest absolute Gasteiger partial charge is 1.00 e. The molecule has 2 aliphatic heterocycles. The number of ether oxygens (including phenoxy) is 1. The number of esters is 1. The summed E-state index contributed by atoms with van der Waals surface area (Å²) in [4.78, 5) is 36.1. The third-order valence-electron chi connectivity index (χ3n) is 10.3. The molecular formula is C46H40ClN2O3PS. The van der Waals surface area contributed by atoms with Gasteiger partial charge in [-0.1, -0.05) is 146 Å². The van der Waals surface area contributed by atoms with Gasteiger partial charge in [-0.05, 0) is 53.1 Å². The molecule has 8 rings (SSSR count). The average molecular weight is 767 g/mol. The van der Waals surface area contributed by atoms with Crippen LogP contribution in [0.25, 0.3) is 0 Å². The zero-order valence-corrected chi connectivity index (χ0v) is 32.1. The molecule has 0 N–H and O–H groups in total. The summed E-state index contributed by atoms with van der Waals surface area (Å²) >= 11 is 1.65. The van der Waals surface area contributed by atoms with Crippen LogP contribution in [0.15, 0.2) is 187 Å². The minimum atomic E-state index is -2.52. The van der Waals surface area contributed by atoms with Crippen LogP contribution in [0.2, 0.25) is 0 Å². The van der Waals surface area contributed by atoms with Crippen LogP contribution < -0.4 is 28.3 Å². The maximum Gasteiger partial charge on any atom is 0.319 e. The number of benzene rings is 6. The van der Waals surface area contributed by atoms with Crippen LogP contribution >= 0.6 is 19.0 Å². The topological polar surface area (TPSA) is 59.0 Å². The molecule has 270 valence electrons. The van der Waals surface area contributed by atoms with Crippen LogP contribution in [0.4, 0.5) is 0 Å². The van der Waals surface area contributed by atoms with Gasteiger partial charge in [-0.2, -0.15) is 0 Å². The van der Waals surface area contributed by atoms with Crippen molar-refractivity contribution < 1.29 is 26.7 Å². The predicted octanol–water partition coefficient (Wildman–Crippen LogP) is 4.71. The quantitative estimate of drug-likeness (QED) is 0.0831. The number of hydrogen-bond donors (Lipinski definition) is 0. The Hall–Kier alpha value is -5.00. The average Bonchev–Trinajstić information content (AvgIpc) is 3.24. The normalized spacial score (nSPS) is 19.4. The number of amides is 1. The number of carbonyl (C=O) groups is 2. The molecule has 2 fully saturated rings. The van der Waals surface area contributed by atoms with Gasteiger partial charge in [0.15, 0.2) is 12.1 Å². The van der Waals surface area contributed by atoms with Gasteiger partial charge in [0, 0.05) is 18.5 Å². The van der Waals surface area contributed by atoms with E-state index in [1.807, 2.05) is 114 Å². The van der Waals surface area contributed by atoms with Crippen molar-refractivity contribution >= 4 is 53.0 Å². The molecule has 0 aliphatic carbocycles. The van der Waals surface area contributed by atoms with E-state index in [0.717, 1.165) is 16.7 Å². The predicted molar refractivity (Wildman–Crippen MR) is 219 cm³/mol. The molecule has 2 saturated heterocycles. The maximum atomic E-state index is 15.4. The smallest absolute Gasteiger partial charge is 0.319 e. The summed E-state index contributed by atoms with van der Waals surface area (Å²) in [5.74, 6) is 0.136. The summed E-state index contributed by atoms with van der Waals surface area (Å²) < 4.78 is 6.79. The zero-order valence-electron chi connectivity index (χ0n) is 29.6. The van der Waals surface area contributed by atoms with Gasteiger partial charge in [-0.3, -0.25) is 14.6 Å². The van der Waals surface area contributed by atoms with E-state index in [2.05, 4.69) is 72.8 Å². The molecule has 54 heavy (non-hydrogen) atoms. The van der Waals surface area contributed by atoms with Crippen LogP contribution in [0, 0.1) is 5.41 Å². The lowest BCUT2D eigenvalue weighted by Crippen LogP contribution is -3.00. The van der Waals surface area contributed by atoms with Gasteiger partial charge in [-0.15, -0.1) is 11.8 Å². The number of β-lactam (4-membered cyclic amide) rings is 1. The first-order valence-electron chi connectivity index (χ1n) is 17.9. The Balaban J connectivity index is 0.00000450. The number of hydrogen-bond acceptors (Lipinski definition) is 5. The van der Waals surface area contributed by atoms with Gasteiger partial charge in [0.05, 0.1) is 6.16 Å². The Kier molecular flexibility index (Phi) is 11.5. The molecule has 0 radical (unpaired) electrons. The minimum Gasteiger partial charge on any atom is -1.00 e. The Morgan fingerprint density at radius 3 is 1.59 bits per heavy atom. The monoisotopic (exact) mass is 766 g/mol. The van der Waals surface area contributed by atoms with Gasteiger partial charge in [0.1, 0.15) is 34.0 Å². The lowest BCUT2D eigenvalue weighted by atomic mass is 9.88.